The van der Waals surface area contributed by atoms with Gasteiger partial charge in [-0.15, -0.1) is 0 Å². The lowest BCUT2D eigenvalue weighted by Gasteiger charge is -2.29. The lowest BCUT2D eigenvalue weighted by atomic mass is 10.0. The number of hydrogen-bond donors (Lipinski definition) is 3. The van der Waals surface area contributed by atoms with E-state index in [1.54, 1.807) is 0 Å². The van der Waals surface area contributed by atoms with Crippen LogP contribution in [0.25, 0.3) is 0 Å². The largest absolute Gasteiger partial charge is 0.378 e. The number of rotatable bonds is 5. The Hall–Kier alpha value is -1.40. The van der Waals surface area contributed by atoms with Crippen LogP contribution in [0.3, 0.4) is 0 Å². The van der Waals surface area contributed by atoms with Crippen LogP contribution in [0.15, 0.2) is 0 Å². The summed E-state index contributed by atoms with van der Waals surface area (Å²) in [4.78, 5) is 9.07. The van der Waals surface area contributed by atoms with Crippen LogP contribution in [0.1, 0.15) is 44.5 Å². The van der Waals surface area contributed by atoms with Crippen LogP contribution in [-0.2, 0) is 11.2 Å². The van der Waals surface area contributed by atoms with Crippen LogP contribution in [-0.4, -0.2) is 28.7 Å². The second-order valence-electron chi connectivity index (χ2n) is 5.40. The Morgan fingerprint density at radius 1 is 1.35 bits per heavy atom. The van der Waals surface area contributed by atoms with Gasteiger partial charge < -0.3 is 15.5 Å². The molecule has 1 aliphatic heterocycles. The number of nitrogens with zero attached hydrogens (tertiary/aromatic N) is 2. The van der Waals surface area contributed by atoms with Crippen molar-refractivity contribution in [2.24, 2.45) is 5.84 Å². The van der Waals surface area contributed by atoms with E-state index in [0.29, 0.717) is 18.0 Å². The Morgan fingerprint density at radius 2 is 2.10 bits per heavy atom. The quantitative estimate of drug-likeness (QED) is 0.564. The van der Waals surface area contributed by atoms with E-state index < -0.39 is 0 Å². The molecule has 0 aromatic carbocycles. The number of nitrogen functional groups attached to an aromatic ring is 1. The maximum atomic E-state index is 5.58. The highest BCUT2D eigenvalue weighted by Crippen LogP contribution is 2.23. The Balaban J connectivity index is 2.18. The fourth-order valence-corrected chi connectivity index (χ4v) is 2.50. The molecule has 0 amide bonds. The van der Waals surface area contributed by atoms with E-state index in [1.807, 2.05) is 6.92 Å². The zero-order valence-corrected chi connectivity index (χ0v) is 12.6. The number of nitrogens with one attached hydrogen (secondary N) is 2. The summed E-state index contributed by atoms with van der Waals surface area (Å²) in [7, 11) is 0. The van der Waals surface area contributed by atoms with Crippen molar-refractivity contribution in [2.75, 3.05) is 17.3 Å². The van der Waals surface area contributed by atoms with Gasteiger partial charge in [0.05, 0.1) is 6.10 Å². The van der Waals surface area contributed by atoms with E-state index in [-0.39, 0.29) is 0 Å². The topological polar surface area (TPSA) is 85.1 Å². The van der Waals surface area contributed by atoms with Crippen molar-refractivity contribution in [1.29, 1.82) is 0 Å². The highest BCUT2D eigenvalue weighted by atomic mass is 16.5. The maximum absolute atomic E-state index is 5.58. The van der Waals surface area contributed by atoms with Crippen LogP contribution >= 0.6 is 0 Å². The van der Waals surface area contributed by atoms with Gasteiger partial charge >= 0.3 is 0 Å². The number of hydrazine groups is 1. The first-order valence-corrected chi connectivity index (χ1v) is 7.36. The standard InChI is InChI=1S/C14H25N5O/c1-4-5-12-17-13(10(3)14(18-12)19-15)16-11-6-7-20-9(2)8-11/h9,11H,4-8,15H2,1-3H3,(H2,16,17,18,19). The lowest BCUT2D eigenvalue weighted by molar-refractivity contribution is 0.0231. The predicted molar refractivity (Wildman–Crippen MR) is 80.6 cm³/mol. The molecule has 0 saturated carbocycles. The molecule has 2 unspecified atom stereocenters. The summed E-state index contributed by atoms with van der Waals surface area (Å²) >= 11 is 0. The lowest BCUT2D eigenvalue weighted by Crippen LogP contribution is -2.33. The number of nitrogens with two attached hydrogens (primary N) is 1. The number of aromatic nitrogens is 2. The molecule has 0 aliphatic carbocycles. The molecule has 2 rings (SSSR count). The van der Waals surface area contributed by atoms with Crippen molar-refractivity contribution in [3.05, 3.63) is 11.4 Å². The number of ether oxygens (including phenoxy) is 1. The van der Waals surface area contributed by atoms with Gasteiger partial charge in [-0.25, -0.2) is 15.8 Å². The van der Waals surface area contributed by atoms with E-state index in [1.165, 1.54) is 0 Å². The summed E-state index contributed by atoms with van der Waals surface area (Å²) in [5, 5.41) is 3.53. The molecule has 6 heteroatoms. The van der Waals surface area contributed by atoms with Gasteiger partial charge in [-0.05, 0) is 33.1 Å². The first kappa shape index (κ1) is 15.0. The molecule has 0 radical (unpaired) electrons. The van der Waals surface area contributed by atoms with E-state index in [0.717, 1.165) is 49.5 Å². The van der Waals surface area contributed by atoms with Crippen LogP contribution in [0.2, 0.25) is 0 Å². The summed E-state index contributed by atoms with van der Waals surface area (Å²) in [6.07, 6.45) is 4.17. The molecule has 2 heterocycles. The Kier molecular flexibility index (Phi) is 5.14. The highest BCUT2D eigenvalue weighted by molar-refractivity contribution is 5.57. The monoisotopic (exact) mass is 279 g/mol. The molecule has 1 fully saturated rings. The van der Waals surface area contributed by atoms with Crippen molar-refractivity contribution in [3.63, 3.8) is 0 Å². The van der Waals surface area contributed by atoms with E-state index in [9.17, 15) is 0 Å². The second-order valence-corrected chi connectivity index (χ2v) is 5.40. The molecule has 20 heavy (non-hydrogen) atoms. The van der Waals surface area contributed by atoms with E-state index in [2.05, 4.69) is 34.6 Å². The first-order valence-electron chi connectivity index (χ1n) is 7.36. The maximum Gasteiger partial charge on any atom is 0.148 e. The molecular weight excluding hydrogens is 254 g/mol. The first-order chi connectivity index (χ1) is 9.63. The Morgan fingerprint density at radius 3 is 2.75 bits per heavy atom. The molecular formula is C14H25N5O. The van der Waals surface area contributed by atoms with Crippen molar-refractivity contribution < 1.29 is 4.74 Å². The number of aryl methyl sites for hydroxylation is 1. The molecule has 1 aromatic heterocycles. The zero-order chi connectivity index (χ0) is 14.5. The summed E-state index contributed by atoms with van der Waals surface area (Å²) < 4.78 is 5.58. The minimum absolute atomic E-state index is 0.297. The SMILES string of the molecule is CCCc1nc(NN)c(C)c(NC2CCOC(C)C2)n1. The van der Waals surface area contributed by atoms with Gasteiger partial charge in [0.15, 0.2) is 0 Å². The minimum atomic E-state index is 0.297. The average Bonchev–Trinajstić information content (AvgIpc) is 2.42. The third-order valence-corrected chi connectivity index (χ3v) is 3.63. The second kappa shape index (κ2) is 6.85. The third kappa shape index (κ3) is 3.58. The molecule has 4 N–H and O–H groups in total. The van der Waals surface area contributed by atoms with Gasteiger partial charge in [-0.1, -0.05) is 6.92 Å². The van der Waals surface area contributed by atoms with E-state index >= 15 is 0 Å². The molecule has 1 aliphatic rings. The van der Waals surface area contributed by atoms with Crippen LogP contribution in [0, 0.1) is 6.92 Å². The molecule has 0 bridgehead atoms. The van der Waals surface area contributed by atoms with Crippen molar-refractivity contribution in [1.82, 2.24) is 9.97 Å². The van der Waals surface area contributed by atoms with Crippen LogP contribution in [0.5, 0.6) is 0 Å². The number of anilines is 2. The van der Waals surface area contributed by atoms with Gasteiger partial charge in [0.2, 0.25) is 0 Å². The van der Waals surface area contributed by atoms with Gasteiger partial charge in [-0.2, -0.15) is 0 Å². The van der Waals surface area contributed by atoms with Gasteiger partial charge in [0.1, 0.15) is 17.5 Å². The van der Waals surface area contributed by atoms with Gasteiger partial charge in [0, 0.05) is 24.6 Å². The molecule has 0 spiro atoms. The third-order valence-electron chi connectivity index (χ3n) is 3.63. The molecule has 112 valence electrons. The fraction of sp³-hybridized carbons (Fsp3) is 0.714. The zero-order valence-electron chi connectivity index (χ0n) is 12.6. The van der Waals surface area contributed by atoms with E-state index in [4.69, 9.17) is 10.6 Å². The molecule has 1 aromatic rings. The summed E-state index contributed by atoms with van der Waals surface area (Å²) in [5.74, 6) is 7.96. The van der Waals surface area contributed by atoms with Crippen molar-refractivity contribution in [3.8, 4) is 0 Å². The van der Waals surface area contributed by atoms with Gasteiger partial charge in [0.25, 0.3) is 0 Å². The smallest absolute Gasteiger partial charge is 0.148 e. The normalized spacial score (nSPS) is 22.6. The Bertz CT molecular complexity index is 451. The highest BCUT2D eigenvalue weighted by Gasteiger charge is 2.21. The van der Waals surface area contributed by atoms with Crippen molar-refractivity contribution in [2.45, 2.75) is 58.6 Å². The summed E-state index contributed by atoms with van der Waals surface area (Å²) in [6, 6.07) is 0.396. The number of hydrogen-bond acceptors (Lipinski definition) is 6. The Labute approximate surface area is 120 Å². The summed E-state index contributed by atoms with van der Waals surface area (Å²) in [6.45, 7) is 7.00. The van der Waals surface area contributed by atoms with Crippen molar-refractivity contribution >= 4 is 11.6 Å². The average molecular weight is 279 g/mol. The molecule has 1 saturated heterocycles. The fourth-order valence-electron chi connectivity index (χ4n) is 2.50. The van der Waals surface area contributed by atoms with Crippen LogP contribution in [0.4, 0.5) is 11.6 Å². The predicted octanol–water partition coefficient (Wildman–Crippen LogP) is 2.00. The molecule has 6 nitrogen and oxygen atoms in total. The summed E-state index contributed by atoms with van der Waals surface area (Å²) in [5.41, 5.74) is 3.63. The minimum Gasteiger partial charge on any atom is -0.378 e. The van der Waals surface area contributed by atoms with Crippen LogP contribution < -0.4 is 16.6 Å². The van der Waals surface area contributed by atoms with Gasteiger partial charge in [-0.3, -0.25) is 0 Å². The molecule has 2 atom stereocenters.